The first-order valence-corrected chi connectivity index (χ1v) is 9.02. The van der Waals surface area contributed by atoms with Crippen molar-refractivity contribution in [3.8, 4) is 5.75 Å². The summed E-state index contributed by atoms with van der Waals surface area (Å²) >= 11 is 0. The van der Waals surface area contributed by atoms with Crippen LogP contribution in [0.25, 0.3) is 0 Å². The molecule has 132 valence electrons. The van der Waals surface area contributed by atoms with Crippen molar-refractivity contribution in [2.45, 2.75) is 38.9 Å². The molecular formula is C19H28N2O3. The molecule has 5 nitrogen and oxygen atoms in total. The Bertz CT molecular complexity index is 538. The minimum Gasteiger partial charge on any atom is -0.490 e. The van der Waals surface area contributed by atoms with Gasteiger partial charge in [0.15, 0.2) is 0 Å². The van der Waals surface area contributed by atoms with Gasteiger partial charge in [0.25, 0.3) is 5.91 Å². The molecule has 2 atom stereocenters. The van der Waals surface area contributed by atoms with Gasteiger partial charge in [-0.1, -0.05) is 13.8 Å². The van der Waals surface area contributed by atoms with Gasteiger partial charge in [0.2, 0.25) is 0 Å². The topological polar surface area (TPSA) is 50.8 Å². The first-order chi connectivity index (χ1) is 11.6. The number of nitrogens with one attached hydrogen (secondary N) is 1. The molecule has 0 aliphatic carbocycles. The van der Waals surface area contributed by atoms with Gasteiger partial charge in [-0.25, -0.2) is 0 Å². The summed E-state index contributed by atoms with van der Waals surface area (Å²) in [5.74, 6) is 1.45. The number of nitrogens with zero attached hydrogens (tertiary/aromatic N) is 1. The third-order valence-corrected chi connectivity index (χ3v) is 4.82. The van der Waals surface area contributed by atoms with E-state index in [4.69, 9.17) is 9.47 Å². The lowest BCUT2D eigenvalue weighted by molar-refractivity contribution is -0.0553. The summed E-state index contributed by atoms with van der Waals surface area (Å²) in [4.78, 5) is 14.4. The summed E-state index contributed by atoms with van der Waals surface area (Å²) in [5, 5.41) is 3.26. The minimum absolute atomic E-state index is 0.106. The second-order valence-electron chi connectivity index (χ2n) is 6.98. The van der Waals surface area contributed by atoms with E-state index in [2.05, 4.69) is 19.2 Å². The van der Waals surface area contributed by atoms with Gasteiger partial charge in [-0.05, 0) is 30.2 Å². The Kier molecular flexibility index (Phi) is 5.74. The van der Waals surface area contributed by atoms with Crippen LogP contribution in [-0.2, 0) is 4.74 Å². The van der Waals surface area contributed by atoms with Crippen LogP contribution in [0.5, 0.6) is 5.75 Å². The molecule has 1 aromatic carbocycles. The van der Waals surface area contributed by atoms with E-state index in [1.54, 1.807) is 0 Å². The van der Waals surface area contributed by atoms with E-state index in [1.165, 1.54) is 0 Å². The highest BCUT2D eigenvalue weighted by Gasteiger charge is 2.26. The second kappa shape index (κ2) is 7.99. The van der Waals surface area contributed by atoms with Crippen molar-refractivity contribution in [1.82, 2.24) is 10.2 Å². The van der Waals surface area contributed by atoms with Gasteiger partial charge in [-0.2, -0.15) is 0 Å². The van der Waals surface area contributed by atoms with Crippen LogP contribution in [0, 0.1) is 5.92 Å². The Hall–Kier alpha value is -1.59. The van der Waals surface area contributed by atoms with Crippen molar-refractivity contribution in [2.75, 3.05) is 32.8 Å². The molecule has 2 fully saturated rings. The molecule has 0 aromatic heterocycles. The lowest BCUT2D eigenvalue weighted by Gasteiger charge is -2.32. The van der Waals surface area contributed by atoms with Gasteiger partial charge in [0.1, 0.15) is 11.9 Å². The summed E-state index contributed by atoms with van der Waals surface area (Å²) in [7, 11) is 0. The second-order valence-corrected chi connectivity index (χ2v) is 6.98. The summed E-state index contributed by atoms with van der Waals surface area (Å²) in [6.45, 7) is 8.41. The average molecular weight is 332 g/mol. The Morgan fingerprint density at radius 2 is 1.96 bits per heavy atom. The fourth-order valence-corrected chi connectivity index (χ4v) is 3.29. The maximum atomic E-state index is 12.5. The van der Waals surface area contributed by atoms with E-state index in [-0.39, 0.29) is 18.1 Å². The van der Waals surface area contributed by atoms with Gasteiger partial charge in [0, 0.05) is 44.6 Å². The normalized spacial score (nSPS) is 24.9. The number of rotatable bonds is 4. The first-order valence-electron chi connectivity index (χ1n) is 9.02. The minimum atomic E-state index is 0.106. The SMILES string of the molecule is CC(C)C1CC(Oc2ccc(C(=O)N3CCNCC3)cc2)CCO1. The molecule has 0 saturated carbocycles. The zero-order chi connectivity index (χ0) is 16.9. The Morgan fingerprint density at radius 3 is 2.62 bits per heavy atom. The third kappa shape index (κ3) is 4.28. The number of piperazine rings is 1. The Morgan fingerprint density at radius 1 is 1.25 bits per heavy atom. The molecule has 1 amide bonds. The highest BCUT2D eigenvalue weighted by Crippen LogP contribution is 2.25. The summed E-state index contributed by atoms with van der Waals surface area (Å²) in [6, 6.07) is 7.57. The van der Waals surface area contributed by atoms with Gasteiger partial charge in [-0.15, -0.1) is 0 Å². The standard InChI is InChI=1S/C19H28N2O3/c1-14(2)18-13-17(7-12-23-18)24-16-5-3-15(4-6-16)19(22)21-10-8-20-9-11-21/h3-6,14,17-18,20H,7-13H2,1-2H3. The third-order valence-electron chi connectivity index (χ3n) is 4.82. The van der Waals surface area contributed by atoms with Gasteiger partial charge >= 0.3 is 0 Å². The van der Waals surface area contributed by atoms with E-state index in [0.29, 0.717) is 5.92 Å². The molecule has 2 aliphatic heterocycles. The predicted molar refractivity (Wildman–Crippen MR) is 93.4 cm³/mol. The summed E-state index contributed by atoms with van der Waals surface area (Å²) in [6.07, 6.45) is 2.32. The number of amides is 1. The highest BCUT2D eigenvalue weighted by atomic mass is 16.5. The summed E-state index contributed by atoms with van der Waals surface area (Å²) < 4.78 is 11.9. The van der Waals surface area contributed by atoms with Gasteiger partial charge < -0.3 is 19.7 Å². The van der Waals surface area contributed by atoms with E-state index in [9.17, 15) is 4.79 Å². The molecule has 0 bridgehead atoms. The van der Waals surface area contributed by atoms with Crippen molar-refractivity contribution in [2.24, 2.45) is 5.92 Å². The van der Waals surface area contributed by atoms with Crippen molar-refractivity contribution in [1.29, 1.82) is 0 Å². The van der Waals surface area contributed by atoms with Crippen molar-refractivity contribution in [3.63, 3.8) is 0 Å². The van der Waals surface area contributed by atoms with Crippen LogP contribution in [0.2, 0.25) is 0 Å². The molecule has 1 N–H and O–H groups in total. The van der Waals surface area contributed by atoms with Crippen LogP contribution in [0.1, 0.15) is 37.0 Å². The maximum Gasteiger partial charge on any atom is 0.253 e. The molecule has 0 spiro atoms. The van der Waals surface area contributed by atoms with E-state index in [0.717, 1.165) is 56.9 Å². The van der Waals surface area contributed by atoms with Crippen molar-refractivity contribution in [3.05, 3.63) is 29.8 Å². The molecule has 2 aliphatic rings. The number of hydrogen-bond acceptors (Lipinski definition) is 4. The Labute approximate surface area is 144 Å². The molecule has 24 heavy (non-hydrogen) atoms. The van der Waals surface area contributed by atoms with Crippen LogP contribution in [-0.4, -0.2) is 55.8 Å². The quantitative estimate of drug-likeness (QED) is 0.919. The fraction of sp³-hybridized carbons (Fsp3) is 0.632. The molecule has 1 aromatic rings. The zero-order valence-corrected chi connectivity index (χ0v) is 14.7. The zero-order valence-electron chi connectivity index (χ0n) is 14.7. The van der Waals surface area contributed by atoms with Gasteiger partial charge in [-0.3, -0.25) is 4.79 Å². The lowest BCUT2D eigenvalue weighted by Crippen LogP contribution is -2.46. The molecular weight excluding hydrogens is 304 g/mol. The number of hydrogen-bond donors (Lipinski definition) is 1. The molecule has 5 heteroatoms. The number of carbonyl (C=O) groups excluding carboxylic acids is 1. The first kappa shape index (κ1) is 17.2. The Balaban J connectivity index is 1.57. The lowest BCUT2D eigenvalue weighted by atomic mass is 9.97. The predicted octanol–water partition coefficient (Wildman–Crippen LogP) is 2.31. The van der Waals surface area contributed by atoms with E-state index >= 15 is 0 Å². The van der Waals surface area contributed by atoms with Crippen molar-refractivity contribution < 1.29 is 14.3 Å². The molecule has 2 heterocycles. The fourth-order valence-electron chi connectivity index (χ4n) is 3.29. The molecule has 2 saturated heterocycles. The van der Waals surface area contributed by atoms with E-state index < -0.39 is 0 Å². The monoisotopic (exact) mass is 332 g/mol. The highest BCUT2D eigenvalue weighted by molar-refractivity contribution is 5.94. The number of carbonyl (C=O) groups is 1. The van der Waals surface area contributed by atoms with Gasteiger partial charge in [0.05, 0.1) is 12.7 Å². The van der Waals surface area contributed by atoms with Crippen LogP contribution >= 0.6 is 0 Å². The van der Waals surface area contributed by atoms with Crippen LogP contribution < -0.4 is 10.1 Å². The van der Waals surface area contributed by atoms with Crippen LogP contribution in [0.15, 0.2) is 24.3 Å². The smallest absolute Gasteiger partial charge is 0.253 e. The van der Waals surface area contributed by atoms with Crippen molar-refractivity contribution >= 4 is 5.91 Å². The molecule has 0 radical (unpaired) electrons. The number of benzene rings is 1. The molecule has 2 unspecified atom stereocenters. The van der Waals surface area contributed by atoms with Crippen LogP contribution in [0.4, 0.5) is 0 Å². The summed E-state index contributed by atoms with van der Waals surface area (Å²) in [5.41, 5.74) is 0.733. The van der Waals surface area contributed by atoms with Crippen LogP contribution in [0.3, 0.4) is 0 Å². The molecule has 3 rings (SSSR count). The number of ether oxygens (including phenoxy) is 2. The maximum absolute atomic E-state index is 12.5. The largest absolute Gasteiger partial charge is 0.490 e. The van der Waals surface area contributed by atoms with E-state index in [1.807, 2.05) is 29.2 Å². The average Bonchev–Trinajstić information content (AvgIpc) is 2.63.